The van der Waals surface area contributed by atoms with Gasteiger partial charge in [0.2, 0.25) is 5.95 Å². The van der Waals surface area contributed by atoms with Gasteiger partial charge in [0.05, 0.1) is 18.9 Å². The molecule has 8 heteroatoms. The number of anilines is 3. The Hall–Kier alpha value is -2.48. The van der Waals surface area contributed by atoms with Gasteiger partial charge in [-0.05, 0) is 13.0 Å². The molecule has 0 N–H and O–H groups in total. The number of aromatic nitrogens is 4. The Morgan fingerprint density at radius 1 is 0.800 bits per heavy atom. The summed E-state index contributed by atoms with van der Waals surface area (Å²) in [6.45, 7) is 8.83. The fourth-order valence-corrected chi connectivity index (χ4v) is 3.29. The molecule has 0 bridgehead atoms. The maximum Gasteiger partial charge on any atom is 0.227 e. The minimum absolute atomic E-state index is 0.759. The molecule has 25 heavy (non-hydrogen) atoms. The van der Waals surface area contributed by atoms with E-state index in [1.165, 1.54) is 0 Å². The summed E-state index contributed by atoms with van der Waals surface area (Å²) in [5.74, 6) is 2.77. The first-order valence-corrected chi connectivity index (χ1v) is 8.74. The van der Waals surface area contributed by atoms with Crippen molar-refractivity contribution >= 4 is 17.6 Å². The standard InChI is InChI=1S/C17H23N7O/c1-14-16(19-5-4-18-14)23-6-8-24(9-7-23)17-20-3-2-15(21-17)22-10-12-25-13-11-22/h2-5H,6-13H2,1H3. The van der Waals surface area contributed by atoms with Crippen LogP contribution in [0.1, 0.15) is 5.69 Å². The molecule has 2 aliphatic heterocycles. The largest absolute Gasteiger partial charge is 0.378 e. The van der Waals surface area contributed by atoms with E-state index in [9.17, 15) is 0 Å². The lowest BCUT2D eigenvalue weighted by Crippen LogP contribution is -2.47. The van der Waals surface area contributed by atoms with E-state index in [1.54, 1.807) is 12.4 Å². The molecule has 2 fully saturated rings. The van der Waals surface area contributed by atoms with Crippen LogP contribution in [0.3, 0.4) is 0 Å². The lowest BCUT2D eigenvalue weighted by atomic mass is 10.3. The van der Waals surface area contributed by atoms with Crippen LogP contribution in [0.25, 0.3) is 0 Å². The van der Waals surface area contributed by atoms with E-state index in [4.69, 9.17) is 9.72 Å². The fraction of sp³-hybridized carbons (Fsp3) is 0.529. The second-order valence-electron chi connectivity index (χ2n) is 6.25. The van der Waals surface area contributed by atoms with E-state index in [2.05, 4.69) is 29.7 Å². The monoisotopic (exact) mass is 341 g/mol. The number of hydrogen-bond acceptors (Lipinski definition) is 8. The third kappa shape index (κ3) is 3.48. The van der Waals surface area contributed by atoms with Gasteiger partial charge in [-0.2, -0.15) is 4.98 Å². The van der Waals surface area contributed by atoms with Crippen molar-refractivity contribution in [3.8, 4) is 0 Å². The van der Waals surface area contributed by atoms with E-state index in [-0.39, 0.29) is 0 Å². The molecule has 2 aromatic rings. The highest BCUT2D eigenvalue weighted by molar-refractivity contribution is 5.47. The number of piperazine rings is 1. The number of aryl methyl sites for hydroxylation is 1. The van der Waals surface area contributed by atoms with Gasteiger partial charge >= 0.3 is 0 Å². The normalized spacial score (nSPS) is 18.5. The molecule has 2 saturated heterocycles. The zero-order valence-electron chi connectivity index (χ0n) is 14.5. The Balaban J connectivity index is 1.43. The topological polar surface area (TPSA) is 70.5 Å². The zero-order valence-corrected chi connectivity index (χ0v) is 14.5. The second kappa shape index (κ2) is 7.18. The minimum atomic E-state index is 0.759. The van der Waals surface area contributed by atoms with Gasteiger partial charge in [0.25, 0.3) is 0 Å². The molecule has 0 amide bonds. The molecular weight excluding hydrogens is 318 g/mol. The second-order valence-corrected chi connectivity index (χ2v) is 6.25. The van der Waals surface area contributed by atoms with Crippen molar-refractivity contribution in [1.82, 2.24) is 19.9 Å². The molecule has 2 aliphatic rings. The molecule has 4 rings (SSSR count). The van der Waals surface area contributed by atoms with Gasteiger partial charge in [0, 0.05) is 57.9 Å². The molecule has 0 radical (unpaired) electrons. The highest BCUT2D eigenvalue weighted by Crippen LogP contribution is 2.20. The van der Waals surface area contributed by atoms with Crippen LogP contribution in [0.4, 0.5) is 17.6 Å². The van der Waals surface area contributed by atoms with E-state index in [1.807, 2.05) is 19.2 Å². The average Bonchev–Trinajstić information content (AvgIpc) is 2.69. The van der Waals surface area contributed by atoms with Crippen LogP contribution >= 0.6 is 0 Å². The van der Waals surface area contributed by atoms with Crippen molar-refractivity contribution in [2.75, 3.05) is 67.2 Å². The molecule has 0 spiro atoms. The fourth-order valence-electron chi connectivity index (χ4n) is 3.29. The smallest absolute Gasteiger partial charge is 0.227 e. The maximum absolute atomic E-state index is 5.42. The Kier molecular flexibility index (Phi) is 4.60. The minimum Gasteiger partial charge on any atom is -0.378 e. The Bertz CT molecular complexity index is 712. The Morgan fingerprint density at radius 2 is 1.52 bits per heavy atom. The third-order valence-corrected chi connectivity index (χ3v) is 4.68. The Labute approximate surface area is 147 Å². The summed E-state index contributed by atoms with van der Waals surface area (Å²) in [5, 5.41) is 0. The predicted octanol–water partition coefficient (Wildman–Crippen LogP) is 0.738. The van der Waals surface area contributed by atoms with Crippen LogP contribution in [-0.4, -0.2) is 72.4 Å². The molecule has 0 saturated carbocycles. The summed E-state index contributed by atoms with van der Waals surface area (Å²) in [6, 6.07) is 1.98. The number of hydrogen-bond donors (Lipinski definition) is 0. The molecule has 8 nitrogen and oxygen atoms in total. The molecule has 0 unspecified atom stereocenters. The molecule has 0 aliphatic carbocycles. The van der Waals surface area contributed by atoms with Crippen molar-refractivity contribution < 1.29 is 4.74 Å². The SMILES string of the molecule is Cc1nccnc1N1CCN(c2nccc(N3CCOCC3)n2)CC1. The van der Waals surface area contributed by atoms with Crippen molar-refractivity contribution in [2.24, 2.45) is 0 Å². The van der Waals surface area contributed by atoms with Gasteiger partial charge in [0.1, 0.15) is 11.6 Å². The van der Waals surface area contributed by atoms with Crippen LogP contribution in [0.5, 0.6) is 0 Å². The van der Waals surface area contributed by atoms with Crippen LogP contribution in [0.2, 0.25) is 0 Å². The molecule has 0 atom stereocenters. The summed E-state index contributed by atoms with van der Waals surface area (Å²) >= 11 is 0. The van der Waals surface area contributed by atoms with E-state index in [0.29, 0.717) is 0 Å². The molecule has 132 valence electrons. The predicted molar refractivity (Wildman–Crippen MR) is 96.3 cm³/mol. The van der Waals surface area contributed by atoms with Gasteiger partial charge < -0.3 is 19.4 Å². The van der Waals surface area contributed by atoms with Gasteiger partial charge in [-0.15, -0.1) is 0 Å². The summed E-state index contributed by atoms with van der Waals surface area (Å²) in [6.07, 6.45) is 5.34. The summed E-state index contributed by atoms with van der Waals surface area (Å²) < 4.78 is 5.42. The van der Waals surface area contributed by atoms with E-state index >= 15 is 0 Å². The quantitative estimate of drug-likeness (QED) is 0.810. The van der Waals surface area contributed by atoms with Crippen molar-refractivity contribution in [2.45, 2.75) is 6.92 Å². The maximum atomic E-state index is 5.42. The van der Waals surface area contributed by atoms with Crippen LogP contribution in [0.15, 0.2) is 24.7 Å². The van der Waals surface area contributed by atoms with Gasteiger partial charge in [-0.1, -0.05) is 0 Å². The summed E-state index contributed by atoms with van der Waals surface area (Å²) in [7, 11) is 0. The number of rotatable bonds is 3. The third-order valence-electron chi connectivity index (χ3n) is 4.68. The van der Waals surface area contributed by atoms with Gasteiger partial charge in [0.15, 0.2) is 0 Å². The lowest BCUT2D eigenvalue weighted by molar-refractivity contribution is 0.122. The first-order valence-electron chi connectivity index (χ1n) is 8.74. The van der Waals surface area contributed by atoms with Gasteiger partial charge in [-0.3, -0.25) is 4.98 Å². The molecular formula is C17H23N7O. The van der Waals surface area contributed by atoms with Crippen molar-refractivity contribution in [3.05, 3.63) is 30.4 Å². The highest BCUT2D eigenvalue weighted by Gasteiger charge is 2.22. The van der Waals surface area contributed by atoms with Crippen LogP contribution in [0, 0.1) is 6.92 Å². The Morgan fingerprint density at radius 3 is 2.28 bits per heavy atom. The lowest BCUT2D eigenvalue weighted by Gasteiger charge is -2.36. The average molecular weight is 341 g/mol. The van der Waals surface area contributed by atoms with Crippen LogP contribution in [-0.2, 0) is 4.74 Å². The first-order chi connectivity index (χ1) is 12.3. The number of ether oxygens (including phenoxy) is 1. The van der Waals surface area contributed by atoms with Crippen molar-refractivity contribution in [3.63, 3.8) is 0 Å². The molecule has 2 aromatic heterocycles. The van der Waals surface area contributed by atoms with Gasteiger partial charge in [-0.25, -0.2) is 9.97 Å². The number of morpholine rings is 1. The van der Waals surface area contributed by atoms with Crippen molar-refractivity contribution in [1.29, 1.82) is 0 Å². The summed E-state index contributed by atoms with van der Waals surface area (Å²) in [4.78, 5) is 24.8. The van der Waals surface area contributed by atoms with E-state index in [0.717, 1.165) is 75.8 Å². The number of nitrogens with zero attached hydrogens (tertiary/aromatic N) is 7. The van der Waals surface area contributed by atoms with E-state index < -0.39 is 0 Å². The first kappa shape index (κ1) is 16.0. The summed E-state index contributed by atoms with van der Waals surface area (Å²) in [5.41, 5.74) is 0.974. The zero-order chi connectivity index (χ0) is 17.1. The van der Waals surface area contributed by atoms with Crippen LogP contribution < -0.4 is 14.7 Å². The highest BCUT2D eigenvalue weighted by atomic mass is 16.5. The molecule has 4 heterocycles. The molecule has 0 aromatic carbocycles.